The van der Waals surface area contributed by atoms with Crippen molar-refractivity contribution < 1.29 is 8.42 Å². The van der Waals surface area contributed by atoms with Crippen LogP contribution >= 0.6 is 11.6 Å². The lowest BCUT2D eigenvalue weighted by Crippen LogP contribution is -2.19. The van der Waals surface area contributed by atoms with E-state index in [0.29, 0.717) is 12.1 Å². The van der Waals surface area contributed by atoms with Crippen LogP contribution in [-0.4, -0.2) is 24.1 Å². The Bertz CT molecular complexity index is 670. The van der Waals surface area contributed by atoms with Crippen molar-refractivity contribution in [1.82, 2.24) is 9.97 Å². The summed E-state index contributed by atoms with van der Waals surface area (Å²) in [6, 6.07) is 7.10. The number of halogens is 1. The van der Waals surface area contributed by atoms with Crippen LogP contribution in [0.5, 0.6) is 0 Å². The van der Waals surface area contributed by atoms with Gasteiger partial charge in [0, 0.05) is 24.5 Å². The summed E-state index contributed by atoms with van der Waals surface area (Å²) < 4.78 is 26.6. The summed E-state index contributed by atoms with van der Waals surface area (Å²) in [6.45, 7) is 1.77. The van der Waals surface area contributed by atoms with E-state index in [1.807, 2.05) is 6.07 Å². The predicted molar refractivity (Wildman–Crippen MR) is 79.3 cm³/mol. The van der Waals surface area contributed by atoms with Gasteiger partial charge in [-0.2, -0.15) is 0 Å². The van der Waals surface area contributed by atoms with Gasteiger partial charge in [-0.3, -0.25) is 9.71 Å². The molecule has 0 aliphatic carbocycles. The van der Waals surface area contributed by atoms with Crippen molar-refractivity contribution in [2.45, 2.75) is 13.3 Å². The van der Waals surface area contributed by atoms with E-state index in [4.69, 9.17) is 11.6 Å². The van der Waals surface area contributed by atoms with Gasteiger partial charge in [-0.25, -0.2) is 13.4 Å². The molecule has 0 saturated heterocycles. The average Bonchev–Trinajstić information content (AvgIpc) is 2.42. The number of nitrogens with zero attached hydrogens (tertiary/aromatic N) is 2. The smallest absolute Gasteiger partial charge is 0.233 e. The van der Waals surface area contributed by atoms with Crippen molar-refractivity contribution in [1.29, 1.82) is 0 Å². The summed E-state index contributed by atoms with van der Waals surface area (Å²) in [5.41, 5.74) is 1.79. The number of pyridine rings is 2. The van der Waals surface area contributed by atoms with E-state index in [1.54, 1.807) is 31.3 Å². The number of nitrogens with one attached hydrogen (secondary N) is 1. The second-order valence-corrected chi connectivity index (χ2v) is 6.49. The van der Waals surface area contributed by atoms with E-state index in [9.17, 15) is 8.42 Å². The molecule has 0 aliphatic rings. The van der Waals surface area contributed by atoms with Gasteiger partial charge in [0.05, 0.1) is 11.4 Å². The van der Waals surface area contributed by atoms with Gasteiger partial charge in [0.1, 0.15) is 0 Å². The molecule has 0 unspecified atom stereocenters. The van der Waals surface area contributed by atoms with Gasteiger partial charge in [0.25, 0.3) is 0 Å². The van der Waals surface area contributed by atoms with Crippen LogP contribution in [0.15, 0.2) is 36.7 Å². The van der Waals surface area contributed by atoms with E-state index >= 15 is 0 Å². The second-order valence-electron chi connectivity index (χ2n) is 4.29. The van der Waals surface area contributed by atoms with Gasteiger partial charge < -0.3 is 0 Å². The lowest BCUT2D eigenvalue weighted by molar-refractivity contribution is 0.600. The minimum atomic E-state index is -3.49. The summed E-state index contributed by atoms with van der Waals surface area (Å²) in [6.07, 6.45) is 3.51. The van der Waals surface area contributed by atoms with Crippen molar-refractivity contribution in [3.05, 3.63) is 53.1 Å². The van der Waals surface area contributed by atoms with Gasteiger partial charge >= 0.3 is 0 Å². The predicted octanol–water partition coefficient (Wildman–Crippen LogP) is 2.42. The van der Waals surface area contributed by atoms with Gasteiger partial charge in [-0.15, -0.1) is 0 Å². The molecule has 0 aliphatic heterocycles. The molecular formula is C13H14ClN3O2S. The molecule has 2 aromatic heterocycles. The largest absolute Gasteiger partial charge is 0.280 e. The number of aromatic nitrogens is 2. The SMILES string of the molecule is Cc1ccnc(Cl)c1NS(=O)(=O)CCc1ccccn1. The molecule has 2 heterocycles. The van der Waals surface area contributed by atoms with Crippen molar-refractivity contribution >= 4 is 27.3 Å². The molecule has 0 spiro atoms. The van der Waals surface area contributed by atoms with Crippen LogP contribution in [0, 0.1) is 6.92 Å². The zero-order valence-electron chi connectivity index (χ0n) is 10.9. The summed E-state index contributed by atoms with van der Waals surface area (Å²) in [5.74, 6) is -0.0608. The number of anilines is 1. The van der Waals surface area contributed by atoms with Crippen molar-refractivity contribution in [3.8, 4) is 0 Å². The van der Waals surface area contributed by atoms with Crippen LogP contribution in [0.1, 0.15) is 11.3 Å². The molecule has 7 heteroatoms. The first kappa shape index (κ1) is 14.7. The highest BCUT2D eigenvalue weighted by molar-refractivity contribution is 7.92. The third-order valence-electron chi connectivity index (χ3n) is 2.72. The second kappa shape index (κ2) is 6.19. The number of hydrogen-bond donors (Lipinski definition) is 1. The number of rotatable bonds is 5. The van der Waals surface area contributed by atoms with Crippen LogP contribution in [-0.2, 0) is 16.4 Å². The Morgan fingerprint density at radius 2 is 2.00 bits per heavy atom. The highest BCUT2D eigenvalue weighted by Gasteiger charge is 2.15. The molecule has 0 saturated carbocycles. The van der Waals surface area contributed by atoms with Crippen LogP contribution in [0.4, 0.5) is 5.69 Å². The number of sulfonamides is 1. The summed E-state index contributed by atoms with van der Waals surface area (Å²) >= 11 is 5.90. The number of aryl methyl sites for hydroxylation is 2. The molecule has 0 amide bonds. The maximum atomic E-state index is 12.1. The Hall–Kier alpha value is -1.66. The van der Waals surface area contributed by atoms with E-state index in [-0.39, 0.29) is 10.9 Å². The zero-order valence-corrected chi connectivity index (χ0v) is 12.4. The zero-order chi connectivity index (χ0) is 14.6. The Labute approximate surface area is 123 Å². The van der Waals surface area contributed by atoms with E-state index in [0.717, 1.165) is 11.3 Å². The average molecular weight is 312 g/mol. The van der Waals surface area contributed by atoms with E-state index in [1.165, 1.54) is 6.20 Å². The first-order valence-electron chi connectivity index (χ1n) is 5.99. The Kier molecular flexibility index (Phi) is 4.57. The third-order valence-corrected chi connectivity index (χ3v) is 4.27. The summed E-state index contributed by atoms with van der Waals surface area (Å²) in [4.78, 5) is 7.96. The van der Waals surface area contributed by atoms with Crippen LogP contribution in [0.25, 0.3) is 0 Å². The maximum absolute atomic E-state index is 12.1. The Morgan fingerprint density at radius 1 is 1.20 bits per heavy atom. The molecule has 0 aromatic carbocycles. The van der Waals surface area contributed by atoms with E-state index in [2.05, 4.69) is 14.7 Å². The topological polar surface area (TPSA) is 72.0 Å². The highest BCUT2D eigenvalue weighted by Crippen LogP contribution is 2.23. The van der Waals surface area contributed by atoms with Crippen LogP contribution < -0.4 is 4.72 Å². The standard InChI is InChI=1S/C13H14ClN3O2S/c1-10-5-8-16-13(14)12(10)17-20(18,19)9-6-11-4-2-3-7-15-11/h2-5,7-8,17H,6,9H2,1H3. The minimum Gasteiger partial charge on any atom is -0.280 e. The lowest BCUT2D eigenvalue weighted by atomic mass is 10.3. The molecule has 1 N–H and O–H groups in total. The fourth-order valence-electron chi connectivity index (χ4n) is 1.64. The molecule has 5 nitrogen and oxygen atoms in total. The van der Waals surface area contributed by atoms with Gasteiger partial charge in [-0.05, 0) is 30.7 Å². The molecule has 2 aromatic rings. The fourth-order valence-corrected chi connectivity index (χ4v) is 3.10. The number of hydrogen-bond acceptors (Lipinski definition) is 4. The fraction of sp³-hybridized carbons (Fsp3) is 0.231. The quantitative estimate of drug-likeness (QED) is 0.861. The lowest BCUT2D eigenvalue weighted by Gasteiger charge is -2.11. The maximum Gasteiger partial charge on any atom is 0.233 e. The van der Waals surface area contributed by atoms with Gasteiger partial charge in [0.2, 0.25) is 10.0 Å². The Morgan fingerprint density at radius 3 is 2.65 bits per heavy atom. The molecule has 106 valence electrons. The highest BCUT2D eigenvalue weighted by atomic mass is 35.5. The van der Waals surface area contributed by atoms with Gasteiger partial charge in [-0.1, -0.05) is 17.7 Å². The van der Waals surface area contributed by atoms with Crippen LogP contribution in [0.3, 0.4) is 0 Å². The van der Waals surface area contributed by atoms with E-state index < -0.39 is 10.0 Å². The molecule has 0 radical (unpaired) electrons. The molecule has 0 bridgehead atoms. The van der Waals surface area contributed by atoms with Crippen molar-refractivity contribution in [3.63, 3.8) is 0 Å². The van der Waals surface area contributed by atoms with Gasteiger partial charge in [0.15, 0.2) is 5.15 Å². The molecular weight excluding hydrogens is 298 g/mol. The molecule has 2 rings (SSSR count). The normalized spacial score (nSPS) is 11.3. The molecule has 0 fully saturated rings. The summed E-state index contributed by atoms with van der Waals surface area (Å²) in [5, 5.41) is 0.145. The first-order valence-corrected chi connectivity index (χ1v) is 8.02. The first-order chi connectivity index (χ1) is 9.48. The molecule has 0 atom stereocenters. The third kappa shape index (κ3) is 3.91. The summed E-state index contributed by atoms with van der Waals surface area (Å²) in [7, 11) is -3.49. The monoisotopic (exact) mass is 311 g/mol. The van der Waals surface area contributed by atoms with Crippen LogP contribution in [0.2, 0.25) is 5.15 Å². The molecule has 20 heavy (non-hydrogen) atoms. The van der Waals surface area contributed by atoms with Crippen molar-refractivity contribution in [2.24, 2.45) is 0 Å². The Balaban J connectivity index is 2.08. The van der Waals surface area contributed by atoms with Crippen molar-refractivity contribution in [2.75, 3.05) is 10.5 Å². The minimum absolute atomic E-state index is 0.0608.